The lowest BCUT2D eigenvalue weighted by molar-refractivity contribution is 0.0112. The molecular formula is C16H26N2O3. The van der Waals surface area contributed by atoms with Gasteiger partial charge in [0.2, 0.25) is 0 Å². The Hall–Kier alpha value is -1.30. The van der Waals surface area contributed by atoms with Crippen LogP contribution in [0.4, 0.5) is 11.4 Å². The molecule has 1 aliphatic heterocycles. The quantitative estimate of drug-likeness (QED) is 0.802. The molecule has 1 fully saturated rings. The average Bonchev–Trinajstić information content (AvgIpc) is 2.52. The number of anilines is 2. The summed E-state index contributed by atoms with van der Waals surface area (Å²) in [7, 11) is 0. The standard InChI is InChI=1S/C16H26N2O3/c1-13(2)21-12-16(19)11-17-14-3-5-15(6-4-14)18-7-9-20-10-8-18/h3-6,13,16-17,19H,7-12H2,1-2H3. The Kier molecular flexibility index (Phi) is 6.29. The summed E-state index contributed by atoms with van der Waals surface area (Å²) in [6, 6.07) is 8.29. The Morgan fingerprint density at radius 3 is 2.52 bits per heavy atom. The smallest absolute Gasteiger partial charge is 0.0945 e. The topological polar surface area (TPSA) is 54.0 Å². The van der Waals surface area contributed by atoms with Gasteiger partial charge >= 0.3 is 0 Å². The minimum absolute atomic E-state index is 0.146. The maximum Gasteiger partial charge on any atom is 0.0945 e. The van der Waals surface area contributed by atoms with Crippen LogP contribution in [0.2, 0.25) is 0 Å². The molecule has 21 heavy (non-hydrogen) atoms. The largest absolute Gasteiger partial charge is 0.389 e. The third-order valence-corrected chi connectivity index (χ3v) is 3.41. The van der Waals surface area contributed by atoms with E-state index < -0.39 is 6.10 Å². The summed E-state index contributed by atoms with van der Waals surface area (Å²) in [6.45, 7) is 8.25. The lowest BCUT2D eigenvalue weighted by atomic mass is 10.2. The molecule has 0 saturated carbocycles. The maximum absolute atomic E-state index is 9.81. The molecule has 0 radical (unpaired) electrons. The van der Waals surface area contributed by atoms with Gasteiger partial charge in [-0.1, -0.05) is 0 Å². The monoisotopic (exact) mass is 294 g/mol. The minimum Gasteiger partial charge on any atom is -0.389 e. The predicted octanol–water partition coefficient (Wildman–Crippen LogP) is 1.72. The van der Waals surface area contributed by atoms with E-state index in [1.165, 1.54) is 5.69 Å². The van der Waals surface area contributed by atoms with E-state index in [1.807, 2.05) is 26.0 Å². The molecule has 2 N–H and O–H groups in total. The number of aliphatic hydroxyl groups is 1. The molecule has 0 aromatic heterocycles. The number of aliphatic hydroxyl groups excluding tert-OH is 1. The molecule has 0 bridgehead atoms. The Balaban J connectivity index is 1.76. The van der Waals surface area contributed by atoms with Gasteiger partial charge in [0.1, 0.15) is 0 Å². The predicted molar refractivity (Wildman–Crippen MR) is 85.1 cm³/mol. The van der Waals surface area contributed by atoms with Crippen molar-refractivity contribution in [1.82, 2.24) is 0 Å². The van der Waals surface area contributed by atoms with Gasteiger partial charge in [-0.05, 0) is 38.1 Å². The normalized spacial score (nSPS) is 17.0. The van der Waals surface area contributed by atoms with E-state index in [4.69, 9.17) is 9.47 Å². The number of ether oxygens (including phenoxy) is 2. The van der Waals surface area contributed by atoms with Gasteiger partial charge in [0.25, 0.3) is 0 Å². The fourth-order valence-corrected chi connectivity index (χ4v) is 2.21. The molecule has 5 heteroatoms. The summed E-state index contributed by atoms with van der Waals surface area (Å²) in [5.41, 5.74) is 2.23. The zero-order valence-electron chi connectivity index (χ0n) is 12.9. The third kappa shape index (κ3) is 5.53. The first-order valence-electron chi connectivity index (χ1n) is 7.61. The molecule has 1 atom stereocenters. The Morgan fingerprint density at radius 1 is 1.24 bits per heavy atom. The van der Waals surface area contributed by atoms with Crippen molar-refractivity contribution >= 4 is 11.4 Å². The van der Waals surface area contributed by atoms with Crippen LogP contribution in [-0.4, -0.2) is 56.8 Å². The lowest BCUT2D eigenvalue weighted by Gasteiger charge is -2.29. The summed E-state index contributed by atoms with van der Waals surface area (Å²) in [5.74, 6) is 0. The van der Waals surface area contributed by atoms with Crippen LogP contribution >= 0.6 is 0 Å². The number of rotatable bonds is 7. The summed E-state index contributed by atoms with van der Waals surface area (Å²) in [5, 5.41) is 13.0. The first kappa shape index (κ1) is 16.1. The van der Waals surface area contributed by atoms with Crippen molar-refractivity contribution in [3.05, 3.63) is 24.3 Å². The second kappa shape index (κ2) is 8.22. The lowest BCUT2D eigenvalue weighted by Crippen LogP contribution is -2.36. The second-order valence-electron chi connectivity index (χ2n) is 5.56. The number of hydrogen-bond acceptors (Lipinski definition) is 5. The molecule has 1 saturated heterocycles. The highest BCUT2D eigenvalue weighted by molar-refractivity contribution is 5.55. The van der Waals surface area contributed by atoms with Crippen LogP contribution in [0.1, 0.15) is 13.8 Å². The van der Waals surface area contributed by atoms with Gasteiger partial charge in [-0.25, -0.2) is 0 Å². The van der Waals surface area contributed by atoms with E-state index in [1.54, 1.807) is 0 Å². The average molecular weight is 294 g/mol. The summed E-state index contributed by atoms with van der Waals surface area (Å²) < 4.78 is 10.7. The number of nitrogens with zero attached hydrogens (tertiary/aromatic N) is 1. The molecule has 118 valence electrons. The Bertz CT molecular complexity index is 402. The highest BCUT2D eigenvalue weighted by Crippen LogP contribution is 2.18. The highest BCUT2D eigenvalue weighted by atomic mass is 16.5. The second-order valence-corrected chi connectivity index (χ2v) is 5.56. The number of hydrogen-bond donors (Lipinski definition) is 2. The molecule has 1 heterocycles. The fourth-order valence-electron chi connectivity index (χ4n) is 2.21. The van der Waals surface area contributed by atoms with Crippen LogP contribution < -0.4 is 10.2 Å². The summed E-state index contributed by atoms with van der Waals surface area (Å²) in [6.07, 6.45) is -0.348. The van der Waals surface area contributed by atoms with Crippen molar-refractivity contribution in [2.45, 2.75) is 26.1 Å². The van der Waals surface area contributed by atoms with Gasteiger partial charge in [0.15, 0.2) is 0 Å². The number of benzene rings is 1. The van der Waals surface area contributed by atoms with Crippen LogP contribution in [-0.2, 0) is 9.47 Å². The van der Waals surface area contributed by atoms with Crippen molar-refractivity contribution in [3.63, 3.8) is 0 Å². The molecule has 1 unspecified atom stereocenters. The van der Waals surface area contributed by atoms with Gasteiger partial charge < -0.3 is 24.8 Å². The minimum atomic E-state index is -0.494. The van der Waals surface area contributed by atoms with Crippen LogP contribution in [0.15, 0.2) is 24.3 Å². The van der Waals surface area contributed by atoms with Crippen LogP contribution in [0, 0.1) is 0 Å². The van der Waals surface area contributed by atoms with Crippen LogP contribution in [0.3, 0.4) is 0 Å². The van der Waals surface area contributed by atoms with E-state index in [2.05, 4.69) is 22.3 Å². The molecule has 2 rings (SSSR count). The molecule has 5 nitrogen and oxygen atoms in total. The van der Waals surface area contributed by atoms with Crippen LogP contribution in [0.25, 0.3) is 0 Å². The zero-order valence-corrected chi connectivity index (χ0v) is 12.9. The first-order chi connectivity index (χ1) is 10.1. The molecule has 0 spiro atoms. The highest BCUT2D eigenvalue weighted by Gasteiger charge is 2.11. The van der Waals surface area contributed by atoms with E-state index in [0.29, 0.717) is 13.2 Å². The van der Waals surface area contributed by atoms with Gasteiger partial charge in [0.05, 0.1) is 32.0 Å². The first-order valence-corrected chi connectivity index (χ1v) is 7.61. The molecular weight excluding hydrogens is 268 g/mol. The number of nitrogens with one attached hydrogen (secondary N) is 1. The van der Waals surface area contributed by atoms with Gasteiger partial charge in [-0.3, -0.25) is 0 Å². The van der Waals surface area contributed by atoms with E-state index in [9.17, 15) is 5.11 Å². The molecule has 0 amide bonds. The van der Waals surface area contributed by atoms with Crippen molar-refractivity contribution in [1.29, 1.82) is 0 Å². The molecule has 0 aliphatic carbocycles. The molecule has 1 aromatic rings. The van der Waals surface area contributed by atoms with Crippen molar-refractivity contribution in [3.8, 4) is 0 Å². The van der Waals surface area contributed by atoms with Gasteiger partial charge in [-0.2, -0.15) is 0 Å². The Labute approximate surface area is 126 Å². The van der Waals surface area contributed by atoms with E-state index in [0.717, 1.165) is 32.0 Å². The third-order valence-electron chi connectivity index (χ3n) is 3.41. The SMILES string of the molecule is CC(C)OCC(O)CNc1ccc(N2CCOCC2)cc1. The zero-order chi connectivity index (χ0) is 15.1. The Morgan fingerprint density at radius 2 is 1.90 bits per heavy atom. The molecule has 1 aromatic carbocycles. The fraction of sp³-hybridized carbons (Fsp3) is 0.625. The van der Waals surface area contributed by atoms with Crippen molar-refractivity contribution in [2.24, 2.45) is 0 Å². The summed E-state index contributed by atoms with van der Waals surface area (Å²) in [4.78, 5) is 2.32. The maximum atomic E-state index is 9.81. The van der Waals surface area contributed by atoms with Crippen molar-refractivity contribution in [2.75, 3.05) is 49.7 Å². The number of morpholine rings is 1. The van der Waals surface area contributed by atoms with Gasteiger partial charge in [0, 0.05) is 31.0 Å². The van der Waals surface area contributed by atoms with E-state index in [-0.39, 0.29) is 6.10 Å². The summed E-state index contributed by atoms with van der Waals surface area (Å²) >= 11 is 0. The molecule has 1 aliphatic rings. The van der Waals surface area contributed by atoms with Gasteiger partial charge in [-0.15, -0.1) is 0 Å². The van der Waals surface area contributed by atoms with Crippen molar-refractivity contribution < 1.29 is 14.6 Å². The van der Waals surface area contributed by atoms with E-state index >= 15 is 0 Å². The van der Waals surface area contributed by atoms with Crippen LogP contribution in [0.5, 0.6) is 0 Å².